The van der Waals surface area contributed by atoms with Crippen LogP contribution in [0.3, 0.4) is 0 Å². The maximum atomic E-state index is 13.4. The van der Waals surface area contributed by atoms with Crippen molar-refractivity contribution in [3.63, 3.8) is 0 Å². The van der Waals surface area contributed by atoms with Gasteiger partial charge in [-0.15, -0.1) is 0 Å². The molecule has 6 nitrogen and oxygen atoms in total. The first-order valence-electron chi connectivity index (χ1n) is 12.7. The second-order valence-corrected chi connectivity index (χ2v) is 9.76. The van der Waals surface area contributed by atoms with Crippen molar-refractivity contribution >= 4 is 23.3 Å². The molecule has 0 radical (unpaired) electrons. The van der Waals surface area contributed by atoms with Gasteiger partial charge in [-0.05, 0) is 55.2 Å². The number of rotatable bonds is 10. The number of alkyl halides is 3. The van der Waals surface area contributed by atoms with Gasteiger partial charge >= 0.3 is 6.18 Å². The van der Waals surface area contributed by atoms with Gasteiger partial charge in [0.25, 0.3) is 5.91 Å². The maximum Gasteiger partial charge on any atom is 0.416 e. The number of halogens is 3. The van der Waals surface area contributed by atoms with Gasteiger partial charge in [-0.2, -0.15) is 13.2 Å². The molecular weight excluding hydrogens is 493 g/mol. The van der Waals surface area contributed by atoms with Crippen molar-refractivity contribution in [1.29, 1.82) is 0 Å². The van der Waals surface area contributed by atoms with Crippen LogP contribution in [0, 0.1) is 5.92 Å². The van der Waals surface area contributed by atoms with Crippen molar-refractivity contribution in [3.05, 3.63) is 89.6 Å². The van der Waals surface area contributed by atoms with E-state index in [1.807, 2.05) is 37.3 Å². The van der Waals surface area contributed by atoms with Crippen molar-refractivity contribution in [2.24, 2.45) is 5.92 Å². The summed E-state index contributed by atoms with van der Waals surface area (Å²) >= 11 is 0. The van der Waals surface area contributed by atoms with Gasteiger partial charge in [0, 0.05) is 24.3 Å². The monoisotopic (exact) mass is 524 g/mol. The third-order valence-corrected chi connectivity index (χ3v) is 6.71. The molecule has 4 rings (SSSR count). The average Bonchev–Trinajstić information content (AvgIpc) is 2.86. The van der Waals surface area contributed by atoms with Crippen molar-refractivity contribution in [2.75, 3.05) is 5.32 Å². The van der Waals surface area contributed by atoms with E-state index >= 15 is 0 Å². The van der Waals surface area contributed by atoms with E-state index in [1.54, 1.807) is 6.07 Å². The fourth-order valence-corrected chi connectivity index (χ4v) is 4.52. The quantitative estimate of drug-likeness (QED) is 0.309. The van der Waals surface area contributed by atoms with Crippen LogP contribution in [0.15, 0.2) is 72.9 Å². The number of nitrogens with zero attached hydrogens (tertiary/aromatic N) is 1. The molecule has 1 aromatic heterocycles. The molecule has 3 N–H and O–H groups in total. The lowest BCUT2D eigenvalue weighted by atomic mass is 9.81. The second kappa shape index (κ2) is 12.1. The number of pyridine rings is 1. The summed E-state index contributed by atoms with van der Waals surface area (Å²) in [7, 11) is 0. The van der Waals surface area contributed by atoms with Gasteiger partial charge in [-0.3, -0.25) is 9.59 Å². The number of amides is 2. The molecule has 0 unspecified atom stereocenters. The molecule has 0 spiro atoms. The first-order chi connectivity index (χ1) is 18.2. The van der Waals surface area contributed by atoms with E-state index in [1.165, 1.54) is 43.7 Å². The van der Waals surface area contributed by atoms with E-state index in [-0.39, 0.29) is 35.4 Å². The van der Waals surface area contributed by atoms with E-state index in [4.69, 9.17) is 0 Å². The Balaban J connectivity index is 1.51. The molecule has 3 aromatic rings. The first kappa shape index (κ1) is 27.2. The van der Waals surface area contributed by atoms with Crippen LogP contribution < -0.4 is 16.0 Å². The van der Waals surface area contributed by atoms with Crippen LogP contribution >= 0.6 is 0 Å². The van der Waals surface area contributed by atoms with E-state index in [0.717, 1.165) is 24.1 Å². The number of anilines is 2. The Bertz CT molecular complexity index is 1250. The first-order valence-corrected chi connectivity index (χ1v) is 12.7. The van der Waals surface area contributed by atoms with Crippen molar-refractivity contribution in [1.82, 2.24) is 15.6 Å². The van der Waals surface area contributed by atoms with Crippen LogP contribution in [-0.4, -0.2) is 28.9 Å². The van der Waals surface area contributed by atoms with Crippen molar-refractivity contribution < 1.29 is 22.8 Å². The van der Waals surface area contributed by atoms with Gasteiger partial charge in [0.1, 0.15) is 11.9 Å². The van der Waals surface area contributed by atoms with E-state index in [0.29, 0.717) is 5.92 Å². The highest BCUT2D eigenvalue weighted by Gasteiger charge is 2.31. The number of aromatic nitrogens is 1. The molecule has 0 saturated heterocycles. The Morgan fingerprint density at radius 2 is 1.76 bits per heavy atom. The number of nitrogens with one attached hydrogen (secondary N) is 3. The molecule has 1 heterocycles. The highest BCUT2D eigenvalue weighted by Crippen LogP contribution is 2.32. The van der Waals surface area contributed by atoms with Gasteiger partial charge in [-0.1, -0.05) is 55.7 Å². The average molecular weight is 525 g/mol. The standard InChI is InChI=1S/C29H31F3N4O2/c1-19(16-20-10-5-11-20)34-28(38)25(17-21-8-3-2-4-9-21)36-27(37)24-14-7-15-33-26(24)35-23-13-6-12-22(18-23)29(30,31)32/h2-4,6-9,12-15,18-20,25H,5,10-11,16-17H2,1H3,(H,33,35)(H,34,38)(H,36,37)/t19-,25+/m1/s1. The highest BCUT2D eigenvalue weighted by atomic mass is 19.4. The van der Waals surface area contributed by atoms with E-state index in [9.17, 15) is 22.8 Å². The Hall–Kier alpha value is -3.88. The van der Waals surface area contributed by atoms with Crippen molar-refractivity contribution in [3.8, 4) is 0 Å². The Labute approximate surface area is 220 Å². The number of hydrogen-bond acceptors (Lipinski definition) is 4. The number of benzene rings is 2. The van der Waals surface area contributed by atoms with E-state index in [2.05, 4.69) is 20.9 Å². The maximum absolute atomic E-state index is 13.4. The molecule has 1 fully saturated rings. The Morgan fingerprint density at radius 1 is 1.00 bits per heavy atom. The van der Waals surface area contributed by atoms with Gasteiger partial charge in [0.05, 0.1) is 11.1 Å². The van der Waals surface area contributed by atoms with E-state index < -0.39 is 23.7 Å². The lowest BCUT2D eigenvalue weighted by Gasteiger charge is -2.29. The minimum atomic E-state index is -4.50. The molecular formula is C29H31F3N4O2. The zero-order valence-corrected chi connectivity index (χ0v) is 21.1. The summed E-state index contributed by atoms with van der Waals surface area (Å²) < 4.78 is 39.5. The minimum Gasteiger partial charge on any atom is -0.352 e. The number of hydrogen-bond donors (Lipinski definition) is 3. The largest absolute Gasteiger partial charge is 0.416 e. The summed E-state index contributed by atoms with van der Waals surface area (Å²) in [5.74, 6) is -0.144. The van der Waals surface area contributed by atoms with Crippen LogP contribution in [0.2, 0.25) is 0 Å². The summed E-state index contributed by atoms with van der Waals surface area (Å²) in [6.45, 7) is 1.97. The van der Waals surface area contributed by atoms with Gasteiger partial charge < -0.3 is 16.0 Å². The molecule has 1 saturated carbocycles. The molecule has 200 valence electrons. The fraction of sp³-hybridized carbons (Fsp3) is 0.345. The van der Waals surface area contributed by atoms with Crippen molar-refractivity contribution in [2.45, 2.75) is 57.3 Å². The zero-order valence-electron chi connectivity index (χ0n) is 21.1. The molecule has 38 heavy (non-hydrogen) atoms. The fourth-order valence-electron chi connectivity index (χ4n) is 4.52. The zero-order chi connectivity index (χ0) is 27.1. The summed E-state index contributed by atoms with van der Waals surface area (Å²) in [5.41, 5.74) is 0.308. The van der Waals surface area contributed by atoms with Crippen LogP contribution in [0.4, 0.5) is 24.7 Å². The molecule has 2 aromatic carbocycles. The Kier molecular flexibility index (Phi) is 8.66. The summed E-state index contributed by atoms with van der Waals surface area (Å²) in [4.78, 5) is 30.8. The number of carbonyl (C=O) groups excluding carboxylic acids is 2. The summed E-state index contributed by atoms with van der Waals surface area (Å²) in [6.07, 6.45) is 1.68. The predicted molar refractivity (Wildman–Crippen MR) is 140 cm³/mol. The van der Waals surface area contributed by atoms with Crippen LogP contribution in [0.25, 0.3) is 0 Å². The molecule has 1 aliphatic rings. The normalized spacial score (nSPS) is 15.2. The predicted octanol–water partition coefficient (Wildman–Crippen LogP) is 5.88. The van der Waals surface area contributed by atoms with Crippen LogP contribution in [0.1, 0.15) is 54.1 Å². The number of carbonyl (C=O) groups is 2. The molecule has 2 amide bonds. The lowest BCUT2D eigenvalue weighted by molar-refractivity contribution is -0.137. The van der Waals surface area contributed by atoms with Gasteiger partial charge in [-0.25, -0.2) is 4.98 Å². The second-order valence-electron chi connectivity index (χ2n) is 9.76. The molecule has 1 aliphatic carbocycles. The van der Waals surface area contributed by atoms with Gasteiger partial charge in [0.15, 0.2) is 0 Å². The molecule has 0 bridgehead atoms. The highest BCUT2D eigenvalue weighted by molar-refractivity contribution is 6.01. The molecule has 2 atom stereocenters. The smallest absolute Gasteiger partial charge is 0.352 e. The summed E-state index contributed by atoms with van der Waals surface area (Å²) in [5, 5.41) is 8.67. The summed E-state index contributed by atoms with van der Waals surface area (Å²) in [6, 6.07) is 16.2. The Morgan fingerprint density at radius 3 is 2.45 bits per heavy atom. The van der Waals surface area contributed by atoms with Gasteiger partial charge in [0.2, 0.25) is 5.91 Å². The lowest BCUT2D eigenvalue weighted by Crippen LogP contribution is -2.50. The third kappa shape index (κ3) is 7.34. The van der Waals surface area contributed by atoms with Crippen LogP contribution in [0.5, 0.6) is 0 Å². The third-order valence-electron chi connectivity index (χ3n) is 6.71. The van der Waals surface area contributed by atoms with Crippen LogP contribution in [-0.2, 0) is 17.4 Å². The molecule has 9 heteroatoms. The topological polar surface area (TPSA) is 83.1 Å². The minimum absolute atomic E-state index is 0.0282. The molecule has 0 aliphatic heterocycles. The SMILES string of the molecule is C[C@H](CC1CCC1)NC(=O)[C@H](Cc1ccccc1)NC(=O)c1cccnc1Nc1cccc(C(F)(F)F)c1.